The molecule has 2 aromatic carbocycles. The number of fused-ring (bicyclic) bond motifs is 2. The van der Waals surface area contributed by atoms with Crippen LogP contribution in [0.15, 0.2) is 30.3 Å². The van der Waals surface area contributed by atoms with E-state index in [1.165, 1.54) is 5.56 Å². The van der Waals surface area contributed by atoms with Crippen molar-refractivity contribution in [2.45, 2.75) is 13.3 Å². The molecular weight excluding hydrogens is 302 g/mol. The SMILES string of the molecule is Cc1cccc2c1N(C(=O)c1cc(Cl)c3c(c1)OCO3)CC2. The number of nitrogens with zero attached hydrogens (tertiary/aromatic N) is 1. The van der Waals surface area contributed by atoms with E-state index >= 15 is 0 Å². The molecule has 0 bridgehead atoms. The van der Waals surface area contributed by atoms with Crippen LogP contribution in [0.5, 0.6) is 11.5 Å². The zero-order chi connectivity index (χ0) is 15.3. The summed E-state index contributed by atoms with van der Waals surface area (Å²) in [7, 11) is 0. The van der Waals surface area contributed by atoms with Crippen molar-refractivity contribution in [2.24, 2.45) is 0 Å². The third-order valence-corrected chi connectivity index (χ3v) is 4.40. The van der Waals surface area contributed by atoms with Gasteiger partial charge in [0.25, 0.3) is 5.91 Å². The Bertz CT molecular complexity index is 788. The lowest BCUT2D eigenvalue weighted by Crippen LogP contribution is -2.29. The van der Waals surface area contributed by atoms with Gasteiger partial charge in [0.1, 0.15) is 0 Å². The molecule has 0 saturated heterocycles. The van der Waals surface area contributed by atoms with Crippen LogP contribution in [0.1, 0.15) is 21.5 Å². The fourth-order valence-corrected chi connectivity index (χ4v) is 3.37. The largest absolute Gasteiger partial charge is 0.454 e. The van der Waals surface area contributed by atoms with Gasteiger partial charge in [0.2, 0.25) is 6.79 Å². The highest BCUT2D eigenvalue weighted by atomic mass is 35.5. The lowest BCUT2D eigenvalue weighted by Gasteiger charge is -2.19. The summed E-state index contributed by atoms with van der Waals surface area (Å²) in [5.74, 6) is 0.976. The maximum atomic E-state index is 12.9. The average molecular weight is 316 g/mol. The minimum Gasteiger partial charge on any atom is -0.454 e. The molecule has 0 unspecified atom stereocenters. The summed E-state index contributed by atoms with van der Waals surface area (Å²) in [4.78, 5) is 14.7. The van der Waals surface area contributed by atoms with Crippen molar-refractivity contribution < 1.29 is 14.3 Å². The highest BCUT2D eigenvalue weighted by Gasteiger charge is 2.29. The van der Waals surface area contributed by atoms with E-state index in [1.54, 1.807) is 12.1 Å². The van der Waals surface area contributed by atoms with Crippen LogP contribution in [-0.2, 0) is 6.42 Å². The van der Waals surface area contributed by atoms with Crippen LogP contribution in [0.25, 0.3) is 0 Å². The third-order valence-electron chi connectivity index (χ3n) is 4.12. The van der Waals surface area contributed by atoms with Crippen molar-refractivity contribution in [3.05, 3.63) is 52.0 Å². The van der Waals surface area contributed by atoms with Gasteiger partial charge >= 0.3 is 0 Å². The first-order valence-corrected chi connectivity index (χ1v) is 7.52. The number of halogens is 1. The summed E-state index contributed by atoms with van der Waals surface area (Å²) in [6.45, 7) is 2.85. The van der Waals surface area contributed by atoms with Crippen LogP contribution < -0.4 is 14.4 Å². The van der Waals surface area contributed by atoms with Crippen LogP contribution in [-0.4, -0.2) is 19.2 Å². The van der Waals surface area contributed by atoms with Gasteiger partial charge in [-0.25, -0.2) is 0 Å². The Morgan fingerprint density at radius 2 is 2.14 bits per heavy atom. The van der Waals surface area contributed by atoms with Crippen molar-refractivity contribution in [3.63, 3.8) is 0 Å². The molecular formula is C17H14ClNO3. The predicted molar refractivity (Wildman–Crippen MR) is 84.1 cm³/mol. The minimum absolute atomic E-state index is 0.0618. The number of para-hydroxylation sites is 1. The molecule has 2 aliphatic heterocycles. The van der Waals surface area contributed by atoms with Crippen molar-refractivity contribution in [1.82, 2.24) is 0 Å². The van der Waals surface area contributed by atoms with Gasteiger partial charge in [-0.2, -0.15) is 0 Å². The first-order chi connectivity index (χ1) is 10.6. The number of ether oxygens (including phenoxy) is 2. The molecule has 0 atom stereocenters. The van der Waals surface area contributed by atoms with E-state index in [2.05, 4.69) is 6.07 Å². The summed E-state index contributed by atoms with van der Waals surface area (Å²) in [6, 6.07) is 9.47. The van der Waals surface area contributed by atoms with Crippen molar-refractivity contribution >= 4 is 23.2 Å². The quantitative estimate of drug-likeness (QED) is 0.807. The molecule has 22 heavy (non-hydrogen) atoms. The van der Waals surface area contributed by atoms with E-state index in [1.807, 2.05) is 24.0 Å². The van der Waals surface area contributed by atoms with Crippen LogP contribution in [0.4, 0.5) is 5.69 Å². The Hall–Kier alpha value is -2.20. The van der Waals surface area contributed by atoms with E-state index in [0.717, 1.165) is 17.7 Å². The topological polar surface area (TPSA) is 38.8 Å². The van der Waals surface area contributed by atoms with E-state index in [-0.39, 0.29) is 12.7 Å². The number of benzene rings is 2. The molecule has 2 aromatic rings. The van der Waals surface area contributed by atoms with Gasteiger partial charge in [-0.3, -0.25) is 4.79 Å². The van der Waals surface area contributed by atoms with Gasteiger partial charge < -0.3 is 14.4 Å². The normalized spacial score (nSPS) is 15.1. The molecule has 4 nitrogen and oxygen atoms in total. The van der Waals surface area contributed by atoms with E-state index in [0.29, 0.717) is 28.6 Å². The number of amides is 1. The monoisotopic (exact) mass is 315 g/mol. The summed E-state index contributed by atoms with van der Waals surface area (Å²) >= 11 is 6.18. The first kappa shape index (κ1) is 13.5. The van der Waals surface area contributed by atoms with Crippen molar-refractivity contribution in [2.75, 3.05) is 18.2 Å². The summed E-state index contributed by atoms with van der Waals surface area (Å²) < 4.78 is 10.6. The zero-order valence-corrected chi connectivity index (χ0v) is 12.8. The molecule has 5 heteroatoms. The van der Waals surface area contributed by atoms with E-state index in [9.17, 15) is 4.79 Å². The van der Waals surface area contributed by atoms with E-state index in [4.69, 9.17) is 21.1 Å². The molecule has 0 spiro atoms. The molecule has 1 amide bonds. The Labute approximate surface area is 133 Å². The number of hydrogen-bond donors (Lipinski definition) is 0. The fraction of sp³-hybridized carbons (Fsp3) is 0.235. The number of aryl methyl sites for hydroxylation is 1. The van der Waals surface area contributed by atoms with Gasteiger partial charge in [-0.05, 0) is 36.6 Å². The number of rotatable bonds is 1. The van der Waals surface area contributed by atoms with Gasteiger partial charge in [-0.15, -0.1) is 0 Å². The molecule has 0 saturated carbocycles. The zero-order valence-electron chi connectivity index (χ0n) is 12.1. The highest BCUT2D eigenvalue weighted by molar-refractivity contribution is 6.33. The molecule has 4 rings (SSSR count). The molecule has 2 heterocycles. The number of carbonyl (C=O) groups excluding carboxylic acids is 1. The molecule has 0 aromatic heterocycles. The number of carbonyl (C=O) groups is 1. The lowest BCUT2D eigenvalue weighted by molar-refractivity contribution is 0.0989. The van der Waals surface area contributed by atoms with Crippen molar-refractivity contribution in [3.8, 4) is 11.5 Å². The average Bonchev–Trinajstić information content (AvgIpc) is 3.13. The Kier molecular flexibility index (Phi) is 3.01. The molecule has 0 fully saturated rings. The molecule has 2 aliphatic rings. The van der Waals surface area contributed by atoms with Crippen LogP contribution in [0.3, 0.4) is 0 Å². The number of anilines is 1. The van der Waals surface area contributed by atoms with Crippen molar-refractivity contribution in [1.29, 1.82) is 0 Å². The minimum atomic E-state index is -0.0618. The van der Waals surface area contributed by atoms with Gasteiger partial charge in [0, 0.05) is 12.1 Å². The fourth-order valence-electron chi connectivity index (χ4n) is 3.10. The van der Waals surface area contributed by atoms with E-state index < -0.39 is 0 Å². The molecule has 0 N–H and O–H groups in total. The lowest BCUT2D eigenvalue weighted by atomic mass is 10.1. The Morgan fingerprint density at radius 3 is 3.00 bits per heavy atom. The second-order valence-corrected chi connectivity index (χ2v) is 5.89. The maximum absolute atomic E-state index is 12.9. The standard InChI is InChI=1S/C17H14ClNO3/c1-10-3-2-4-11-5-6-19(15(10)11)17(20)12-7-13(18)16-14(8-12)21-9-22-16/h2-4,7-8H,5-6,9H2,1H3. The Morgan fingerprint density at radius 1 is 1.27 bits per heavy atom. The van der Waals surface area contributed by atoms with Gasteiger partial charge in [0.05, 0.1) is 10.7 Å². The molecule has 0 radical (unpaired) electrons. The maximum Gasteiger partial charge on any atom is 0.258 e. The van der Waals surface area contributed by atoms with Gasteiger partial charge in [0.15, 0.2) is 11.5 Å². The first-order valence-electron chi connectivity index (χ1n) is 7.14. The van der Waals surface area contributed by atoms with Gasteiger partial charge in [-0.1, -0.05) is 29.8 Å². The second kappa shape index (κ2) is 4.92. The summed E-state index contributed by atoms with van der Waals surface area (Å²) in [6.07, 6.45) is 0.876. The second-order valence-electron chi connectivity index (χ2n) is 5.48. The molecule has 0 aliphatic carbocycles. The summed E-state index contributed by atoms with van der Waals surface area (Å²) in [5.41, 5.74) is 3.85. The highest BCUT2D eigenvalue weighted by Crippen LogP contribution is 2.41. The third kappa shape index (κ3) is 1.95. The number of hydrogen-bond acceptors (Lipinski definition) is 3. The molecule has 112 valence electrons. The Balaban J connectivity index is 1.74. The van der Waals surface area contributed by atoms with Crippen LogP contribution >= 0.6 is 11.6 Å². The summed E-state index contributed by atoms with van der Waals surface area (Å²) in [5, 5.41) is 0.405. The smallest absolute Gasteiger partial charge is 0.258 e. The van der Waals surface area contributed by atoms with Crippen LogP contribution in [0.2, 0.25) is 5.02 Å². The predicted octanol–water partition coefficient (Wildman–Crippen LogP) is 3.58. The van der Waals surface area contributed by atoms with Crippen LogP contribution in [0, 0.1) is 6.92 Å².